The molecule has 2 fully saturated rings. The molecule has 2 nitrogen and oxygen atoms in total. The zero-order valence-electron chi connectivity index (χ0n) is 10.3. The number of carbonyl (C=O) groups is 1. The van der Waals surface area contributed by atoms with Crippen molar-refractivity contribution >= 4 is 5.78 Å². The highest BCUT2D eigenvalue weighted by Crippen LogP contribution is 2.55. The summed E-state index contributed by atoms with van der Waals surface area (Å²) >= 11 is 0. The van der Waals surface area contributed by atoms with Gasteiger partial charge in [0.2, 0.25) is 0 Å². The Morgan fingerprint density at radius 3 is 2.19 bits per heavy atom. The van der Waals surface area contributed by atoms with E-state index in [4.69, 9.17) is 0 Å². The van der Waals surface area contributed by atoms with Crippen LogP contribution in [0.4, 0.5) is 0 Å². The van der Waals surface area contributed by atoms with E-state index in [0.717, 1.165) is 41.6 Å². The molecule has 1 aromatic heterocycles. The predicted molar refractivity (Wildman–Crippen MR) is 63.7 cm³/mol. The van der Waals surface area contributed by atoms with E-state index in [1.165, 1.54) is 12.0 Å². The lowest BCUT2D eigenvalue weighted by atomic mass is 9.94. The molecule has 0 aliphatic heterocycles. The molecule has 0 spiro atoms. The van der Waals surface area contributed by atoms with Crippen LogP contribution in [0, 0.1) is 38.5 Å². The third-order valence-corrected chi connectivity index (χ3v) is 4.67. The number of ketones is 1. The zero-order valence-corrected chi connectivity index (χ0v) is 10.3. The quantitative estimate of drug-likeness (QED) is 0.758. The number of H-pyrrole nitrogens is 1. The molecule has 2 saturated carbocycles. The second-order valence-electron chi connectivity index (χ2n) is 5.66. The SMILES string of the molecule is Cc1[nH]c(C(=O)C2CC3CC3C2)c(C)c1C. The summed E-state index contributed by atoms with van der Waals surface area (Å²) in [6.07, 6.45) is 3.66. The first-order valence-electron chi connectivity index (χ1n) is 6.28. The molecule has 2 unspecified atom stereocenters. The van der Waals surface area contributed by atoms with E-state index in [9.17, 15) is 4.79 Å². The van der Waals surface area contributed by atoms with Crippen molar-refractivity contribution in [2.45, 2.75) is 40.0 Å². The summed E-state index contributed by atoms with van der Waals surface area (Å²) in [5.41, 5.74) is 4.42. The van der Waals surface area contributed by atoms with Crippen LogP contribution in [0.1, 0.15) is 46.6 Å². The highest BCUT2D eigenvalue weighted by molar-refractivity contribution is 5.98. The van der Waals surface area contributed by atoms with Gasteiger partial charge in [0.1, 0.15) is 0 Å². The van der Waals surface area contributed by atoms with E-state index in [0.29, 0.717) is 11.7 Å². The molecule has 2 aliphatic carbocycles. The number of rotatable bonds is 2. The maximum absolute atomic E-state index is 12.4. The van der Waals surface area contributed by atoms with E-state index < -0.39 is 0 Å². The summed E-state index contributed by atoms with van der Waals surface area (Å²) in [6.45, 7) is 6.19. The van der Waals surface area contributed by atoms with Gasteiger partial charge in [-0.1, -0.05) is 0 Å². The van der Waals surface area contributed by atoms with E-state index in [2.05, 4.69) is 18.8 Å². The number of aryl methyl sites for hydroxylation is 1. The number of Topliss-reactive ketones (excluding diaryl/α,β-unsaturated/α-hetero) is 1. The first-order chi connectivity index (χ1) is 7.58. The van der Waals surface area contributed by atoms with Crippen LogP contribution in [-0.2, 0) is 0 Å². The fraction of sp³-hybridized carbons (Fsp3) is 0.643. The molecule has 0 radical (unpaired) electrons. The predicted octanol–water partition coefficient (Wildman–Crippen LogP) is 3.17. The Balaban J connectivity index is 1.86. The molecule has 2 heteroatoms. The maximum atomic E-state index is 12.4. The van der Waals surface area contributed by atoms with E-state index >= 15 is 0 Å². The van der Waals surface area contributed by atoms with Crippen LogP contribution in [-0.4, -0.2) is 10.8 Å². The van der Waals surface area contributed by atoms with Crippen molar-refractivity contribution < 1.29 is 4.79 Å². The lowest BCUT2D eigenvalue weighted by molar-refractivity contribution is 0.0909. The number of nitrogens with one attached hydrogen (secondary N) is 1. The topological polar surface area (TPSA) is 32.9 Å². The second-order valence-corrected chi connectivity index (χ2v) is 5.66. The molecular formula is C14H19NO. The van der Waals surface area contributed by atoms with Crippen LogP contribution in [0.2, 0.25) is 0 Å². The molecule has 16 heavy (non-hydrogen) atoms. The van der Waals surface area contributed by atoms with Crippen molar-refractivity contribution in [2.24, 2.45) is 17.8 Å². The Kier molecular flexibility index (Phi) is 2.04. The fourth-order valence-electron chi connectivity index (χ4n) is 3.22. The van der Waals surface area contributed by atoms with E-state index in [1.807, 2.05) is 6.92 Å². The smallest absolute Gasteiger partial charge is 0.182 e. The minimum Gasteiger partial charge on any atom is -0.356 e. The number of hydrogen-bond donors (Lipinski definition) is 1. The molecule has 1 heterocycles. The summed E-state index contributed by atoms with van der Waals surface area (Å²) in [4.78, 5) is 15.6. The Morgan fingerprint density at radius 2 is 1.69 bits per heavy atom. The summed E-state index contributed by atoms with van der Waals surface area (Å²) in [5, 5.41) is 0. The number of hydrogen-bond acceptors (Lipinski definition) is 1. The van der Waals surface area contributed by atoms with Crippen molar-refractivity contribution in [3.05, 3.63) is 22.5 Å². The third-order valence-electron chi connectivity index (χ3n) is 4.67. The Labute approximate surface area is 96.4 Å². The lowest BCUT2D eigenvalue weighted by Gasteiger charge is -2.09. The number of carbonyl (C=O) groups excluding carboxylic acids is 1. The average molecular weight is 217 g/mol. The van der Waals surface area contributed by atoms with Gasteiger partial charge in [0, 0.05) is 11.6 Å². The molecule has 86 valence electrons. The van der Waals surface area contributed by atoms with Crippen LogP contribution in [0.25, 0.3) is 0 Å². The average Bonchev–Trinajstić information content (AvgIpc) is 2.80. The molecule has 2 aliphatic rings. The normalized spacial score (nSPS) is 31.6. The van der Waals surface area contributed by atoms with Crippen molar-refractivity contribution in [1.29, 1.82) is 0 Å². The minimum atomic E-state index is 0.305. The van der Waals surface area contributed by atoms with Gasteiger partial charge in [0.15, 0.2) is 5.78 Å². The van der Waals surface area contributed by atoms with Gasteiger partial charge in [-0.05, 0) is 63.0 Å². The minimum absolute atomic E-state index is 0.305. The molecule has 0 saturated heterocycles. The highest BCUT2D eigenvalue weighted by Gasteiger charge is 2.48. The maximum Gasteiger partial charge on any atom is 0.182 e. The summed E-state index contributed by atoms with van der Waals surface area (Å²) in [7, 11) is 0. The zero-order chi connectivity index (χ0) is 11.4. The lowest BCUT2D eigenvalue weighted by Crippen LogP contribution is -2.14. The van der Waals surface area contributed by atoms with Gasteiger partial charge in [-0.25, -0.2) is 0 Å². The van der Waals surface area contributed by atoms with Crippen molar-refractivity contribution in [1.82, 2.24) is 4.98 Å². The second kappa shape index (κ2) is 3.22. The van der Waals surface area contributed by atoms with Gasteiger partial charge in [0.25, 0.3) is 0 Å². The summed E-state index contributed by atoms with van der Waals surface area (Å²) < 4.78 is 0. The van der Waals surface area contributed by atoms with Gasteiger partial charge in [0.05, 0.1) is 5.69 Å². The van der Waals surface area contributed by atoms with Crippen LogP contribution in [0.3, 0.4) is 0 Å². The standard InChI is InChI=1S/C14H19NO/c1-7-8(2)13(15-9(7)3)14(16)12-5-10-4-11(10)6-12/h10-12,15H,4-6H2,1-3H3. The number of aromatic nitrogens is 1. The van der Waals surface area contributed by atoms with E-state index in [1.54, 1.807) is 0 Å². The first-order valence-corrected chi connectivity index (χ1v) is 6.28. The van der Waals surface area contributed by atoms with Gasteiger partial charge >= 0.3 is 0 Å². The Morgan fingerprint density at radius 1 is 1.06 bits per heavy atom. The monoisotopic (exact) mass is 217 g/mol. The summed E-state index contributed by atoms with van der Waals surface area (Å²) in [6, 6.07) is 0. The first kappa shape index (κ1) is 10.1. The largest absolute Gasteiger partial charge is 0.356 e. The molecule has 1 N–H and O–H groups in total. The third kappa shape index (κ3) is 1.35. The van der Waals surface area contributed by atoms with Gasteiger partial charge in [-0.2, -0.15) is 0 Å². The molecule has 3 rings (SSSR count). The molecule has 2 atom stereocenters. The van der Waals surface area contributed by atoms with Gasteiger partial charge in [-0.15, -0.1) is 0 Å². The molecular weight excluding hydrogens is 198 g/mol. The van der Waals surface area contributed by atoms with Gasteiger partial charge in [-0.3, -0.25) is 4.79 Å². The number of aromatic amines is 1. The van der Waals surface area contributed by atoms with Crippen molar-refractivity contribution in [3.8, 4) is 0 Å². The molecule has 0 aromatic carbocycles. The highest BCUT2D eigenvalue weighted by atomic mass is 16.1. The van der Waals surface area contributed by atoms with Gasteiger partial charge < -0.3 is 4.98 Å². The van der Waals surface area contributed by atoms with Crippen LogP contribution >= 0.6 is 0 Å². The Bertz CT molecular complexity index is 448. The fourth-order valence-corrected chi connectivity index (χ4v) is 3.22. The van der Waals surface area contributed by atoms with E-state index in [-0.39, 0.29) is 0 Å². The number of fused-ring (bicyclic) bond motifs is 1. The molecule has 0 amide bonds. The summed E-state index contributed by atoms with van der Waals surface area (Å²) in [5.74, 6) is 2.43. The van der Waals surface area contributed by atoms with Crippen molar-refractivity contribution in [3.63, 3.8) is 0 Å². The van der Waals surface area contributed by atoms with Crippen LogP contribution in [0.15, 0.2) is 0 Å². The van der Waals surface area contributed by atoms with Crippen molar-refractivity contribution in [2.75, 3.05) is 0 Å². The molecule has 1 aromatic rings. The Hall–Kier alpha value is -1.05. The van der Waals surface area contributed by atoms with Crippen LogP contribution < -0.4 is 0 Å². The van der Waals surface area contributed by atoms with Crippen LogP contribution in [0.5, 0.6) is 0 Å². The molecule has 0 bridgehead atoms.